The molecule has 0 spiro atoms. The van der Waals surface area contributed by atoms with Gasteiger partial charge in [0.25, 0.3) is 0 Å². The molecule has 2 rings (SSSR count). The summed E-state index contributed by atoms with van der Waals surface area (Å²) in [7, 11) is -1.10. The van der Waals surface area contributed by atoms with Gasteiger partial charge in [0.2, 0.25) is 13.5 Å². The lowest BCUT2D eigenvalue weighted by Crippen LogP contribution is -2.03. The fourth-order valence-corrected chi connectivity index (χ4v) is 6.63. The van der Waals surface area contributed by atoms with Gasteiger partial charge in [-0.25, -0.2) is 0 Å². The molecule has 0 radical (unpaired) electrons. The Balaban J connectivity index is 2.34. The van der Waals surface area contributed by atoms with Crippen LogP contribution in [-0.4, -0.2) is 18.1 Å². The second-order valence-electron chi connectivity index (χ2n) is 3.33. The second kappa shape index (κ2) is 5.13. The average Bonchev–Trinajstić information content (AvgIpc) is 2.85. The largest absolute Gasteiger partial charge is 0.396 e. The Morgan fingerprint density at radius 3 is 3.00 bits per heavy atom. The summed E-state index contributed by atoms with van der Waals surface area (Å²) in [6.07, 6.45) is 6.64. The molecule has 17 heavy (non-hydrogen) atoms. The van der Waals surface area contributed by atoms with Gasteiger partial charge in [-0.15, -0.1) is 6.42 Å². The van der Waals surface area contributed by atoms with Crippen molar-refractivity contribution in [3.8, 4) is 12.3 Å². The number of hydrogen-bond donors (Lipinski definition) is 0. The molecule has 2 unspecified atom stereocenters. The van der Waals surface area contributed by atoms with Gasteiger partial charge in [0.1, 0.15) is 0 Å². The smallest absolute Gasteiger partial charge is 0.227 e. The highest BCUT2D eigenvalue weighted by molar-refractivity contribution is 8.55. The summed E-state index contributed by atoms with van der Waals surface area (Å²) in [5.74, 6) is 4.88. The Kier molecular flexibility index (Phi) is 3.96. The molecule has 2 atom stereocenters. The van der Waals surface area contributed by atoms with E-state index >= 15 is 0 Å². The standard InChI is InChI=1S/C10H11O3PS3/c1-4-10-6-12-17(15,13-10)16-8(2)9-5-11-14(3)7-9/h1,6-7H,5H2,2-3H3. The maximum atomic E-state index is 5.51. The van der Waals surface area contributed by atoms with Crippen LogP contribution in [0, 0.1) is 12.3 Å². The van der Waals surface area contributed by atoms with Crippen LogP contribution in [0.1, 0.15) is 6.92 Å². The third kappa shape index (κ3) is 3.12. The van der Waals surface area contributed by atoms with E-state index in [4.69, 9.17) is 30.5 Å². The van der Waals surface area contributed by atoms with Gasteiger partial charge in [-0.1, -0.05) is 0 Å². The zero-order chi connectivity index (χ0) is 12.5. The molecule has 0 aromatic rings. The minimum absolute atomic E-state index is 0.365. The highest BCUT2D eigenvalue weighted by Crippen LogP contribution is 2.41. The van der Waals surface area contributed by atoms with E-state index < -0.39 is 15.9 Å². The lowest BCUT2D eigenvalue weighted by molar-refractivity contribution is 0.417. The van der Waals surface area contributed by atoms with Crippen molar-refractivity contribution in [2.24, 2.45) is 0 Å². The predicted octanol–water partition coefficient (Wildman–Crippen LogP) is 2.08. The monoisotopic (exact) mass is 306 g/mol. The summed E-state index contributed by atoms with van der Waals surface area (Å²) in [6, 6.07) is 0. The average molecular weight is 306 g/mol. The van der Waals surface area contributed by atoms with Crippen LogP contribution < -0.4 is 0 Å². The van der Waals surface area contributed by atoms with E-state index in [9.17, 15) is 0 Å². The molecule has 3 nitrogen and oxygen atoms in total. The van der Waals surface area contributed by atoms with Crippen molar-refractivity contribution in [3.05, 3.63) is 23.4 Å². The van der Waals surface area contributed by atoms with Crippen LogP contribution in [0.3, 0.4) is 0 Å². The molecule has 0 saturated heterocycles. The molecule has 92 valence electrons. The van der Waals surface area contributed by atoms with Crippen LogP contribution in [0.2, 0.25) is 0 Å². The lowest BCUT2D eigenvalue weighted by atomic mass is 10.2. The third-order valence-electron chi connectivity index (χ3n) is 2.05. The van der Waals surface area contributed by atoms with Crippen molar-refractivity contribution in [3.63, 3.8) is 0 Å². The molecular weight excluding hydrogens is 295 g/mol. The normalized spacial score (nSPS) is 30.8. The van der Waals surface area contributed by atoms with E-state index in [-0.39, 0.29) is 0 Å². The van der Waals surface area contributed by atoms with Gasteiger partial charge in [0.05, 0.1) is 14.8 Å². The predicted molar refractivity (Wildman–Crippen MR) is 78.7 cm³/mol. The zero-order valence-electron chi connectivity index (χ0n) is 9.34. The lowest BCUT2D eigenvalue weighted by Gasteiger charge is -2.03. The maximum absolute atomic E-state index is 5.51. The summed E-state index contributed by atoms with van der Waals surface area (Å²) < 4.78 is 16.3. The van der Waals surface area contributed by atoms with Crippen molar-refractivity contribution in [1.29, 1.82) is 0 Å². The molecule has 0 fully saturated rings. The molecule has 0 aliphatic carbocycles. The summed E-state index contributed by atoms with van der Waals surface area (Å²) in [5, 5.41) is 0. The van der Waals surface area contributed by atoms with Crippen LogP contribution in [0.25, 0.3) is 0 Å². The van der Waals surface area contributed by atoms with Gasteiger partial charge >= 0.3 is 0 Å². The molecule has 0 N–H and O–H groups in total. The first-order chi connectivity index (χ1) is 8.02. The van der Waals surface area contributed by atoms with E-state index in [0.29, 0.717) is 12.4 Å². The van der Waals surface area contributed by atoms with Crippen molar-refractivity contribution >= 4 is 41.8 Å². The molecule has 2 heterocycles. The number of rotatable bonds is 1. The molecule has 0 saturated carbocycles. The third-order valence-corrected chi connectivity index (χ3v) is 7.55. The van der Waals surface area contributed by atoms with Crippen LogP contribution in [0.4, 0.5) is 0 Å². The van der Waals surface area contributed by atoms with Crippen LogP contribution in [0.5, 0.6) is 0 Å². The van der Waals surface area contributed by atoms with Gasteiger partial charge in [0, 0.05) is 16.1 Å². The Labute approximate surface area is 110 Å². The summed E-state index contributed by atoms with van der Waals surface area (Å²) in [6.45, 7) is 4.70. The SMILES string of the molecule is C#CC1=COS(=S)(=S=C(C)C2=CP(C)OC2)O1. The van der Waals surface area contributed by atoms with Gasteiger partial charge in [0.15, 0.2) is 6.26 Å². The summed E-state index contributed by atoms with van der Waals surface area (Å²) in [4.78, 5) is 1.08. The maximum Gasteiger partial charge on any atom is 0.227 e. The van der Waals surface area contributed by atoms with Crippen molar-refractivity contribution in [1.82, 2.24) is 0 Å². The van der Waals surface area contributed by atoms with Crippen LogP contribution in [-0.2, 0) is 41.7 Å². The van der Waals surface area contributed by atoms with E-state index in [1.807, 2.05) is 6.92 Å². The van der Waals surface area contributed by atoms with E-state index in [0.717, 1.165) is 4.86 Å². The Morgan fingerprint density at radius 2 is 2.47 bits per heavy atom. The minimum Gasteiger partial charge on any atom is -0.396 e. The second-order valence-corrected chi connectivity index (χ2v) is 10.7. The molecule has 0 aromatic carbocycles. The van der Waals surface area contributed by atoms with E-state index in [1.165, 1.54) is 21.7 Å². The van der Waals surface area contributed by atoms with E-state index in [2.05, 4.69) is 18.4 Å². The molecule has 0 bridgehead atoms. The quantitative estimate of drug-likeness (QED) is 0.421. The number of hydrogen-bond acceptors (Lipinski definition) is 4. The molecule has 0 amide bonds. The molecule has 2 aliphatic rings. The Bertz CT molecular complexity index is 599. The first-order valence-electron chi connectivity index (χ1n) is 4.71. The van der Waals surface area contributed by atoms with Gasteiger partial charge in [-0.05, 0) is 40.8 Å². The highest BCUT2D eigenvalue weighted by atomic mass is 33.1. The van der Waals surface area contributed by atoms with Crippen molar-refractivity contribution in [2.45, 2.75) is 6.92 Å². The van der Waals surface area contributed by atoms with Crippen molar-refractivity contribution in [2.75, 3.05) is 13.3 Å². The highest BCUT2D eigenvalue weighted by Gasteiger charge is 2.17. The zero-order valence-corrected chi connectivity index (χ0v) is 12.7. The van der Waals surface area contributed by atoms with Gasteiger partial charge < -0.3 is 12.9 Å². The fraction of sp³-hybridized carbons (Fsp3) is 0.300. The first kappa shape index (κ1) is 13.1. The van der Waals surface area contributed by atoms with Crippen LogP contribution >= 0.6 is 8.15 Å². The summed E-state index contributed by atoms with van der Waals surface area (Å²) in [5.41, 5.74) is 1.17. The van der Waals surface area contributed by atoms with Crippen LogP contribution in [0.15, 0.2) is 23.4 Å². The fourth-order valence-electron chi connectivity index (χ4n) is 1.21. The van der Waals surface area contributed by atoms with E-state index in [1.54, 1.807) is 0 Å². The molecule has 0 aromatic heterocycles. The van der Waals surface area contributed by atoms with Gasteiger partial charge in [-0.2, -0.15) is 0 Å². The number of terminal acetylenes is 1. The number of allylic oxidation sites excluding steroid dienone is 1. The Hall–Kier alpha value is -0.310. The minimum atomic E-state index is -2.08. The summed E-state index contributed by atoms with van der Waals surface area (Å²) >= 11 is 5.32. The molecular formula is C10H11O3PS3. The topological polar surface area (TPSA) is 27.7 Å². The molecule has 7 heteroatoms. The van der Waals surface area contributed by atoms with Crippen molar-refractivity contribution < 1.29 is 12.9 Å². The van der Waals surface area contributed by atoms with Gasteiger partial charge in [-0.3, -0.25) is 0 Å². The Morgan fingerprint density at radius 1 is 1.71 bits per heavy atom. The molecule has 2 aliphatic heterocycles. The first-order valence-corrected chi connectivity index (χ1v) is 10.2.